The number of halogens is 1. The molecule has 2 rings (SSSR count). The zero-order chi connectivity index (χ0) is 14.7. The second-order valence-electron chi connectivity index (χ2n) is 5.36. The van der Waals surface area contributed by atoms with Crippen LogP contribution in [0.4, 0.5) is 5.69 Å². The highest BCUT2D eigenvalue weighted by Crippen LogP contribution is 2.41. The van der Waals surface area contributed by atoms with Gasteiger partial charge in [0.15, 0.2) is 0 Å². The zero-order valence-electron chi connectivity index (χ0n) is 11.8. The maximum absolute atomic E-state index is 10.4. The van der Waals surface area contributed by atoms with Gasteiger partial charge in [-0.1, -0.05) is 21.5 Å². The van der Waals surface area contributed by atoms with Gasteiger partial charge < -0.3 is 16.2 Å². The van der Waals surface area contributed by atoms with Crippen molar-refractivity contribution in [2.24, 2.45) is 0 Å². The number of benzene rings is 1. The second kappa shape index (κ2) is 6.61. The van der Waals surface area contributed by atoms with Crippen molar-refractivity contribution in [3.8, 4) is 5.75 Å². The van der Waals surface area contributed by atoms with Gasteiger partial charge in [-0.25, -0.2) is 0 Å². The Labute approximate surface area is 128 Å². The van der Waals surface area contributed by atoms with Crippen molar-refractivity contribution < 1.29 is 5.11 Å². The lowest BCUT2D eigenvalue weighted by atomic mass is 9.96. The minimum absolute atomic E-state index is 0.104. The molecular weight excluding hydrogens is 318 g/mol. The van der Waals surface area contributed by atoms with E-state index in [9.17, 15) is 5.11 Å². The average molecular weight is 340 g/mol. The van der Waals surface area contributed by atoms with E-state index in [0.717, 1.165) is 48.2 Å². The van der Waals surface area contributed by atoms with E-state index in [0.29, 0.717) is 5.69 Å². The van der Waals surface area contributed by atoms with E-state index in [1.165, 1.54) is 0 Å². The molecule has 0 aromatic heterocycles. The third-order valence-corrected chi connectivity index (χ3v) is 4.35. The Balaban J connectivity index is 2.40. The van der Waals surface area contributed by atoms with E-state index in [4.69, 9.17) is 5.73 Å². The Kier molecular flexibility index (Phi) is 5.07. The van der Waals surface area contributed by atoms with E-state index in [-0.39, 0.29) is 11.8 Å². The van der Waals surface area contributed by atoms with Gasteiger partial charge in [0.05, 0.1) is 5.69 Å². The van der Waals surface area contributed by atoms with Crippen LogP contribution in [0, 0.1) is 0 Å². The van der Waals surface area contributed by atoms with Gasteiger partial charge in [-0.3, -0.25) is 4.90 Å². The van der Waals surface area contributed by atoms with Gasteiger partial charge in [-0.05, 0) is 25.5 Å². The summed E-state index contributed by atoms with van der Waals surface area (Å²) >= 11 is 3.55. The van der Waals surface area contributed by atoms with Gasteiger partial charge in [-0.2, -0.15) is 0 Å². The summed E-state index contributed by atoms with van der Waals surface area (Å²) in [7, 11) is 0. The number of nitrogen functional groups attached to an aromatic ring is 1. The standard InChI is InChI=1S/C15H22BrN3O/c1-10(2)9-13(19-7-5-18-6-8-19)14-11(16)3-4-12(17)15(14)20/h3-4,13,18,20H,1,5-9,17H2,2H3/t13-/m0/s1. The molecule has 4 N–H and O–H groups in total. The predicted octanol–water partition coefficient (Wildman–Crippen LogP) is 2.65. The number of piperazine rings is 1. The summed E-state index contributed by atoms with van der Waals surface area (Å²) in [4.78, 5) is 2.38. The Morgan fingerprint density at radius 2 is 2.15 bits per heavy atom. The summed E-state index contributed by atoms with van der Waals surface area (Å²) in [5, 5.41) is 13.7. The summed E-state index contributed by atoms with van der Waals surface area (Å²) in [6, 6.07) is 3.73. The first-order chi connectivity index (χ1) is 9.50. The fourth-order valence-electron chi connectivity index (χ4n) is 2.65. The molecule has 110 valence electrons. The Bertz CT molecular complexity index is 498. The first-order valence-corrected chi connectivity index (χ1v) is 7.66. The molecule has 0 radical (unpaired) electrons. The molecular formula is C15H22BrN3O. The molecule has 1 saturated heterocycles. The highest BCUT2D eigenvalue weighted by atomic mass is 79.9. The van der Waals surface area contributed by atoms with Crippen LogP contribution in [-0.2, 0) is 0 Å². The quantitative estimate of drug-likeness (QED) is 0.448. The van der Waals surface area contributed by atoms with Crippen molar-refractivity contribution in [3.05, 3.63) is 34.3 Å². The van der Waals surface area contributed by atoms with Crippen molar-refractivity contribution >= 4 is 21.6 Å². The van der Waals surface area contributed by atoms with Crippen LogP contribution in [0.2, 0.25) is 0 Å². The zero-order valence-corrected chi connectivity index (χ0v) is 13.4. The van der Waals surface area contributed by atoms with E-state index in [1.54, 1.807) is 6.07 Å². The number of hydrogen-bond acceptors (Lipinski definition) is 4. The van der Waals surface area contributed by atoms with Gasteiger partial charge in [0, 0.05) is 42.3 Å². The molecule has 0 bridgehead atoms. The van der Waals surface area contributed by atoms with Gasteiger partial charge >= 0.3 is 0 Å². The smallest absolute Gasteiger partial charge is 0.144 e. The second-order valence-corrected chi connectivity index (χ2v) is 6.22. The Morgan fingerprint density at radius 3 is 2.75 bits per heavy atom. The van der Waals surface area contributed by atoms with Gasteiger partial charge in [0.25, 0.3) is 0 Å². The Morgan fingerprint density at radius 1 is 1.50 bits per heavy atom. The molecule has 0 spiro atoms. The lowest BCUT2D eigenvalue weighted by Crippen LogP contribution is -2.45. The van der Waals surface area contributed by atoms with Crippen LogP contribution >= 0.6 is 15.9 Å². The number of rotatable bonds is 4. The molecule has 1 fully saturated rings. The van der Waals surface area contributed by atoms with Gasteiger partial charge in [0.1, 0.15) is 5.75 Å². The fraction of sp³-hybridized carbons (Fsp3) is 0.467. The number of anilines is 1. The minimum Gasteiger partial charge on any atom is -0.505 e. The highest BCUT2D eigenvalue weighted by Gasteiger charge is 2.27. The lowest BCUT2D eigenvalue weighted by Gasteiger charge is -2.36. The minimum atomic E-state index is 0.104. The number of phenols is 1. The lowest BCUT2D eigenvalue weighted by molar-refractivity contribution is 0.169. The molecule has 1 aliphatic rings. The molecule has 1 aromatic rings. The van der Waals surface area contributed by atoms with Crippen molar-refractivity contribution in [2.75, 3.05) is 31.9 Å². The largest absolute Gasteiger partial charge is 0.505 e. The maximum atomic E-state index is 10.4. The van der Waals surface area contributed by atoms with Crippen molar-refractivity contribution in [1.29, 1.82) is 0 Å². The molecule has 4 nitrogen and oxygen atoms in total. The van der Waals surface area contributed by atoms with E-state index in [1.807, 2.05) is 13.0 Å². The number of phenolic OH excluding ortho intramolecular Hbond substituents is 1. The molecule has 20 heavy (non-hydrogen) atoms. The van der Waals surface area contributed by atoms with E-state index < -0.39 is 0 Å². The van der Waals surface area contributed by atoms with E-state index >= 15 is 0 Å². The molecule has 0 amide bonds. The van der Waals surface area contributed by atoms with Crippen LogP contribution < -0.4 is 11.1 Å². The molecule has 0 unspecified atom stereocenters. The van der Waals surface area contributed by atoms with Gasteiger partial charge in [0.2, 0.25) is 0 Å². The summed E-state index contributed by atoms with van der Waals surface area (Å²) in [6.45, 7) is 9.89. The monoisotopic (exact) mass is 339 g/mol. The highest BCUT2D eigenvalue weighted by molar-refractivity contribution is 9.10. The third-order valence-electron chi connectivity index (χ3n) is 3.66. The first kappa shape index (κ1) is 15.4. The Hall–Kier alpha value is -1.04. The van der Waals surface area contributed by atoms with Crippen molar-refractivity contribution in [1.82, 2.24) is 10.2 Å². The maximum Gasteiger partial charge on any atom is 0.144 e. The summed E-state index contributed by atoms with van der Waals surface area (Å²) in [5.74, 6) is 0.184. The number of nitrogens with two attached hydrogens (primary N) is 1. The van der Waals surface area contributed by atoms with Crippen LogP contribution in [-0.4, -0.2) is 36.2 Å². The van der Waals surface area contributed by atoms with Crippen LogP contribution in [0.1, 0.15) is 24.9 Å². The SMILES string of the molecule is C=C(C)C[C@@H](c1c(Br)ccc(N)c1O)N1CCNCC1. The van der Waals surface area contributed by atoms with Crippen LogP contribution in [0.15, 0.2) is 28.8 Å². The number of hydrogen-bond donors (Lipinski definition) is 3. The summed E-state index contributed by atoms with van der Waals surface area (Å²) < 4.78 is 0.897. The van der Waals surface area contributed by atoms with Crippen LogP contribution in [0.5, 0.6) is 5.75 Å². The summed E-state index contributed by atoms with van der Waals surface area (Å²) in [5.41, 5.74) is 8.25. The average Bonchev–Trinajstić information content (AvgIpc) is 2.43. The molecule has 0 aliphatic carbocycles. The number of aromatic hydroxyl groups is 1. The van der Waals surface area contributed by atoms with E-state index in [2.05, 4.69) is 32.7 Å². The fourth-order valence-corrected chi connectivity index (χ4v) is 3.24. The van der Waals surface area contributed by atoms with Crippen LogP contribution in [0.3, 0.4) is 0 Å². The molecule has 1 aromatic carbocycles. The van der Waals surface area contributed by atoms with Gasteiger partial charge in [-0.15, -0.1) is 6.58 Å². The van der Waals surface area contributed by atoms with Crippen LogP contribution in [0.25, 0.3) is 0 Å². The molecule has 1 heterocycles. The van der Waals surface area contributed by atoms with Crippen molar-refractivity contribution in [2.45, 2.75) is 19.4 Å². The normalized spacial score (nSPS) is 17.9. The molecule has 5 heteroatoms. The first-order valence-electron chi connectivity index (χ1n) is 6.86. The van der Waals surface area contributed by atoms with Crippen molar-refractivity contribution in [3.63, 3.8) is 0 Å². The molecule has 0 saturated carbocycles. The number of nitrogens with zero attached hydrogens (tertiary/aromatic N) is 1. The number of nitrogens with one attached hydrogen (secondary N) is 1. The third kappa shape index (κ3) is 3.34. The molecule has 1 atom stereocenters. The topological polar surface area (TPSA) is 61.5 Å². The summed E-state index contributed by atoms with van der Waals surface area (Å²) in [6.07, 6.45) is 0.815. The predicted molar refractivity (Wildman–Crippen MR) is 86.8 cm³/mol. The molecule has 1 aliphatic heterocycles.